The maximum Gasteiger partial charge on any atom is 0.265 e. The molecule has 0 aliphatic carbocycles. The largest absolute Gasteiger partial charge is 0.507 e. The number of nitrogens with zero attached hydrogens (tertiary/aromatic N) is 1. The van der Waals surface area contributed by atoms with Crippen molar-refractivity contribution in [3.63, 3.8) is 0 Å². The summed E-state index contributed by atoms with van der Waals surface area (Å²) in [5, 5.41) is 18.6. The van der Waals surface area contributed by atoms with Gasteiger partial charge in [-0.1, -0.05) is 6.07 Å². The molecule has 3 N–H and O–H groups in total. The van der Waals surface area contributed by atoms with E-state index < -0.39 is 0 Å². The summed E-state index contributed by atoms with van der Waals surface area (Å²) in [6, 6.07) is 8.37. The van der Waals surface area contributed by atoms with E-state index in [0.29, 0.717) is 34.7 Å². The van der Waals surface area contributed by atoms with Gasteiger partial charge in [0, 0.05) is 30.2 Å². The summed E-state index contributed by atoms with van der Waals surface area (Å²) < 4.78 is 0. The van der Waals surface area contributed by atoms with E-state index >= 15 is 0 Å². The minimum atomic E-state index is -0.218. The standard InChI is InChI=1S/C15H13N3O3S/c19-12-8-9(16-15(21)13-2-1-7-22-13)3-4-10(12)11-5-6-14(20)18-17-11/h1-4,7-8,19H,5-6H2,(H,16,21)(H,18,20). The van der Waals surface area contributed by atoms with E-state index in [4.69, 9.17) is 0 Å². The maximum absolute atomic E-state index is 12.0. The van der Waals surface area contributed by atoms with Gasteiger partial charge in [-0.15, -0.1) is 11.3 Å². The van der Waals surface area contributed by atoms with Crippen LogP contribution in [0.1, 0.15) is 28.1 Å². The third-order valence-electron chi connectivity index (χ3n) is 3.22. The minimum absolute atomic E-state index is 0.0129. The third kappa shape index (κ3) is 2.99. The number of rotatable bonds is 3. The summed E-state index contributed by atoms with van der Waals surface area (Å²) in [7, 11) is 0. The molecule has 112 valence electrons. The molecule has 2 amide bonds. The van der Waals surface area contributed by atoms with Crippen LogP contribution in [-0.4, -0.2) is 22.6 Å². The Balaban J connectivity index is 1.78. The van der Waals surface area contributed by atoms with Gasteiger partial charge in [-0.3, -0.25) is 9.59 Å². The van der Waals surface area contributed by atoms with Crippen molar-refractivity contribution >= 4 is 34.6 Å². The molecule has 3 rings (SSSR count). The second-order valence-electron chi connectivity index (χ2n) is 4.76. The third-order valence-corrected chi connectivity index (χ3v) is 4.08. The zero-order valence-electron chi connectivity index (χ0n) is 11.5. The van der Waals surface area contributed by atoms with Crippen LogP contribution in [0.25, 0.3) is 0 Å². The molecule has 0 fully saturated rings. The number of nitrogens with one attached hydrogen (secondary N) is 2. The normalized spacial score (nSPS) is 14.2. The van der Waals surface area contributed by atoms with Crippen LogP contribution < -0.4 is 10.7 Å². The molecule has 1 aliphatic rings. The van der Waals surface area contributed by atoms with Gasteiger partial charge in [-0.05, 0) is 23.6 Å². The van der Waals surface area contributed by atoms with Crippen molar-refractivity contribution < 1.29 is 14.7 Å². The molecular weight excluding hydrogens is 302 g/mol. The van der Waals surface area contributed by atoms with Gasteiger partial charge >= 0.3 is 0 Å². The van der Waals surface area contributed by atoms with Crippen LogP contribution in [0.15, 0.2) is 40.8 Å². The number of phenols is 1. The first-order valence-electron chi connectivity index (χ1n) is 6.67. The molecule has 0 saturated heterocycles. The monoisotopic (exact) mass is 315 g/mol. The molecule has 2 aromatic rings. The highest BCUT2D eigenvalue weighted by Gasteiger charge is 2.17. The van der Waals surface area contributed by atoms with E-state index in [0.717, 1.165) is 0 Å². The molecule has 0 spiro atoms. The number of thiophene rings is 1. The molecule has 6 nitrogen and oxygen atoms in total. The van der Waals surface area contributed by atoms with Crippen molar-refractivity contribution in [2.75, 3.05) is 5.32 Å². The van der Waals surface area contributed by atoms with Gasteiger partial charge in [0.25, 0.3) is 5.91 Å². The predicted molar refractivity (Wildman–Crippen MR) is 84.3 cm³/mol. The van der Waals surface area contributed by atoms with Crippen molar-refractivity contribution in [2.45, 2.75) is 12.8 Å². The molecule has 1 aromatic heterocycles. The number of phenolic OH excluding ortho intramolecular Hbond substituents is 1. The van der Waals surface area contributed by atoms with E-state index in [1.165, 1.54) is 17.4 Å². The molecule has 0 saturated carbocycles. The number of hydrogen-bond donors (Lipinski definition) is 3. The van der Waals surface area contributed by atoms with E-state index in [2.05, 4.69) is 15.8 Å². The van der Waals surface area contributed by atoms with Crippen LogP contribution in [-0.2, 0) is 4.79 Å². The molecule has 0 bridgehead atoms. The summed E-state index contributed by atoms with van der Waals surface area (Å²) in [6.45, 7) is 0. The number of carbonyl (C=O) groups excluding carboxylic acids is 2. The molecular formula is C15H13N3O3S. The first kappa shape index (κ1) is 14.3. The fraction of sp³-hybridized carbons (Fsp3) is 0.133. The van der Waals surface area contributed by atoms with E-state index in [1.54, 1.807) is 24.3 Å². The number of hydrazone groups is 1. The zero-order valence-corrected chi connectivity index (χ0v) is 12.3. The minimum Gasteiger partial charge on any atom is -0.507 e. The van der Waals surface area contributed by atoms with Gasteiger partial charge < -0.3 is 10.4 Å². The van der Waals surface area contributed by atoms with Crippen molar-refractivity contribution in [3.8, 4) is 5.75 Å². The summed E-state index contributed by atoms with van der Waals surface area (Å²) >= 11 is 1.35. The van der Waals surface area contributed by atoms with Gasteiger partial charge in [0.1, 0.15) is 5.75 Å². The van der Waals surface area contributed by atoms with Gasteiger partial charge in [0.15, 0.2) is 0 Å². The van der Waals surface area contributed by atoms with Gasteiger partial charge in [-0.25, -0.2) is 5.43 Å². The van der Waals surface area contributed by atoms with Gasteiger partial charge in [-0.2, -0.15) is 5.10 Å². The number of anilines is 1. The molecule has 1 aliphatic heterocycles. The van der Waals surface area contributed by atoms with Crippen molar-refractivity contribution in [1.29, 1.82) is 0 Å². The van der Waals surface area contributed by atoms with Crippen LogP contribution in [0.4, 0.5) is 5.69 Å². The lowest BCUT2D eigenvalue weighted by Crippen LogP contribution is -2.25. The highest BCUT2D eigenvalue weighted by Crippen LogP contribution is 2.25. The number of amides is 2. The topological polar surface area (TPSA) is 90.8 Å². The maximum atomic E-state index is 12.0. The van der Waals surface area contributed by atoms with Crippen molar-refractivity contribution in [1.82, 2.24) is 5.43 Å². The van der Waals surface area contributed by atoms with Crippen molar-refractivity contribution in [2.24, 2.45) is 5.10 Å². The van der Waals surface area contributed by atoms with Crippen LogP contribution in [0.5, 0.6) is 5.75 Å². The quantitative estimate of drug-likeness (QED) is 0.812. The van der Waals surface area contributed by atoms with E-state index in [9.17, 15) is 14.7 Å². The molecule has 1 aromatic carbocycles. The second-order valence-corrected chi connectivity index (χ2v) is 5.70. The second kappa shape index (κ2) is 5.98. The number of benzene rings is 1. The average molecular weight is 315 g/mol. The Morgan fingerprint density at radius 2 is 2.18 bits per heavy atom. The molecule has 0 atom stereocenters. The lowest BCUT2D eigenvalue weighted by Gasteiger charge is -2.14. The molecule has 0 unspecified atom stereocenters. The number of hydrogen-bond acceptors (Lipinski definition) is 5. The van der Waals surface area contributed by atoms with E-state index in [-0.39, 0.29) is 17.6 Å². The Bertz CT molecular complexity index is 753. The van der Waals surface area contributed by atoms with Crippen LogP contribution in [0.3, 0.4) is 0 Å². The Labute approximate surface area is 130 Å². The summed E-state index contributed by atoms with van der Waals surface area (Å²) in [6.07, 6.45) is 0.815. The first-order chi connectivity index (χ1) is 10.6. The molecule has 7 heteroatoms. The highest BCUT2D eigenvalue weighted by atomic mass is 32.1. The Morgan fingerprint density at radius 1 is 1.32 bits per heavy atom. The van der Waals surface area contributed by atoms with Gasteiger partial charge in [0.05, 0.1) is 10.6 Å². The first-order valence-corrected chi connectivity index (χ1v) is 7.55. The SMILES string of the molecule is O=C1CCC(c2ccc(NC(=O)c3cccs3)cc2O)=NN1. The Hall–Kier alpha value is -2.67. The van der Waals surface area contributed by atoms with Crippen molar-refractivity contribution in [3.05, 3.63) is 46.2 Å². The lowest BCUT2D eigenvalue weighted by atomic mass is 10.0. The van der Waals surface area contributed by atoms with Gasteiger partial charge in [0.2, 0.25) is 5.91 Å². The Morgan fingerprint density at radius 3 is 2.82 bits per heavy atom. The molecule has 22 heavy (non-hydrogen) atoms. The van der Waals surface area contributed by atoms with Crippen LogP contribution >= 0.6 is 11.3 Å². The number of aromatic hydroxyl groups is 1. The van der Waals surface area contributed by atoms with E-state index in [1.807, 2.05) is 5.38 Å². The fourth-order valence-electron chi connectivity index (χ4n) is 2.12. The zero-order chi connectivity index (χ0) is 15.5. The highest BCUT2D eigenvalue weighted by molar-refractivity contribution is 7.12. The fourth-order valence-corrected chi connectivity index (χ4v) is 2.74. The summed E-state index contributed by atoms with van der Waals surface area (Å²) in [5.74, 6) is -0.341. The Kier molecular flexibility index (Phi) is 3.88. The summed E-state index contributed by atoms with van der Waals surface area (Å²) in [5.41, 5.74) is 4.06. The summed E-state index contributed by atoms with van der Waals surface area (Å²) in [4.78, 5) is 23.6. The molecule has 0 radical (unpaired) electrons. The lowest BCUT2D eigenvalue weighted by molar-refractivity contribution is -0.121. The average Bonchev–Trinajstić information content (AvgIpc) is 3.03. The van der Waals surface area contributed by atoms with Crippen LogP contribution in [0, 0.1) is 0 Å². The smallest absolute Gasteiger partial charge is 0.265 e. The molecule has 2 heterocycles. The number of carbonyl (C=O) groups is 2. The van der Waals surface area contributed by atoms with Crippen LogP contribution in [0.2, 0.25) is 0 Å². The predicted octanol–water partition coefficient (Wildman–Crippen LogP) is 2.32.